The number of ether oxygens (including phenoxy) is 1. The van der Waals surface area contributed by atoms with E-state index in [0.717, 1.165) is 0 Å². The highest BCUT2D eigenvalue weighted by atomic mass is 16.6. The van der Waals surface area contributed by atoms with Crippen LogP contribution in [0.25, 0.3) is 0 Å². The van der Waals surface area contributed by atoms with Gasteiger partial charge in [0.15, 0.2) is 0 Å². The number of hydrogen-bond donors (Lipinski definition) is 1. The van der Waals surface area contributed by atoms with Gasteiger partial charge in [-0.3, -0.25) is 10.1 Å². The first-order valence-electron chi connectivity index (χ1n) is 5.26. The smallest absolute Gasteiger partial charge is 0.329 e. The maximum absolute atomic E-state index is 11.0. The van der Waals surface area contributed by atoms with E-state index >= 15 is 0 Å². The zero-order valence-electron chi connectivity index (χ0n) is 9.61. The second-order valence-electron chi connectivity index (χ2n) is 3.62. The first kappa shape index (κ1) is 12.4. The highest BCUT2D eigenvalue weighted by Gasteiger charge is 2.21. The fraction of sp³-hybridized carbons (Fsp3) is 0. The molecule has 0 saturated heterocycles. The van der Waals surface area contributed by atoms with Gasteiger partial charge in [0, 0.05) is 6.07 Å². The summed E-state index contributed by atoms with van der Waals surface area (Å²) in [6.45, 7) is 0. The van der Waals surface area contributed by atoms with Crippen LogP contribution in [-0.4, -0.2) is 10.0 Å². The number of aromatic hydroxyl groups is 1. The number of hydrogen-bond acceptors (Lipinski definition) is 5. The Hall–Kier alpha value is -3.07. The molecule has 6 heteroatoms. The molecule has 0 bridgehead atoms. The van der Waals surface area contributed by atoms with Crippen LogP contribution in [0.5, 0.6) is 17.2 Å². The Morgan fingerprint density at radius 3 is 2.63 bits per heavy atom. The number of rotatable bonds is 3. The third kappa shape index (κ3) is 2.61. The topological polar surface area (TPSA) is 96.4 Å². The van der Waals surface area contributed by atoms with Crippen LogP contribution in [0.15, 0.2) is 42.5 Å². The van der Waals surface area contributed by atoms with Crippen molar-refractivity contribution < 1.29 is 14.8 Å². The molecule has 0 aliphatic heterocycles. The molecule has 0 radical (unpaired) electrons. The van der Waals surface area contributed by atoms with Crippen LogP contribution in [0, 0.1) is 21.4 Å². The molecule has 94 valence electrons. The van der Waals surface area contributed by atoms with E-state index < -0.39 is 10.6 Å². The standard InChI is InChI=1S/C13H8N2O4/c14-8-9-3-1-6-12(13(9)15(17)18)19-11-5-2-4-10(16)7-11/h1-7,16H. The highest BCUT2D eigenvalue weighted by Crippen LogP contribution is 2.34. The van der Waals surface area contributed by atoms with Crippen molar-refractivity contribution in [2.45, 2.75) is 0 Å². The first-order chi connectivity index (χ1) is 9.11. The number of nitro groups is 1. The number of phenols is 1. The van der Waals surface area contributed by atoms with Crippen LogP contribution in [-0.2, 0) is 0 Å². The van der Waals surface area contributed by atoms with Gasteiger partial charge in [-0.05, 0) is 24.3 Å². The van der Waals surface area contributed by atoms with E-state index in [2.05, 4.69) is 0 Å². The molecule has 1 N–H and O–H groups in total. The second kappa shape index (κ2) is 5.06. The number of nitrogens with zero attached hydrogens (tertiary/aromatic N) is 2. The average Bonchev–Trinajstić information content (AvgIpc) is 2.38. The summed E-state index contributed by atoms with van der Waals surface area (Å²) in [6, 6.07) is 11.8. The lowest BCUT2D eigenvalue weighted by atomic mass is 10.2. The number of para-hydroxylation sites is 1. The highest BCUT2D eigenvalue weighted by molar-refractivity contribution is 5.59. The molecule has 0 heterocycles. The van der Waals surface area contributed by atoms with E-state index in [0.29, 0.717) is 0 Å². The SMILES string of the molecule is N#Cc1cccc(Oc2cccc(O)c2)c1[N+](=O)[O-]. The summed E-state index contributed by atoms with van der Waals surface area (Å²) in [7, 11) is 0. The van der Waals surface area contributed by atoms with Gasteiger partial charge in [0.1, 0.15) is 23.1 Å². The molecule has 0 unspecified atom stereocenters. The minimum absolute atomic E-state index is 0.0170. The Kier molecular flexibility index (Phi) is 3.30. The lowest BCUT2D eigenvalue weighted by Crippen LogP contribution is -1.96. The van der Waals surface area contributed by atoms with Crippen LogP contribution in [0.4, 0.5) is 5.69 Å². The van der Waals surface area contributed by atoms with Gasteiger partial charge >= 0.3 is 5.69 Å². The third-order valence-electron chi connectivity index (χ3n) is 2.35. The molecule has 0 aromatic heterocycles. The molecule has 0 aliphatic rings. The molecule has 0 fully saturated rings. The number of benzene rings is 2. The Bertz CT molecular complexity index is 677. The van der Waals surface area contributed by atoms with Crippen molar-refractivity contribution in [2.75, 3.05) is 0 Å². The molecule has 2 rings (SSSR count). The molecule has 0 aliphatic carbocycles. The van der Waals surface area contributed by atoms with Crippen molar-refractivity contribution in [3.8, 4) is 23.3 Å². The minimum atomic E-state index is -0.670. The normalized spacial score (nSPS) is 9.63. The monoisotopic (exact) mass is 256 g/mol. The Labute approximate surface area is 108 Å². The fourth-order valence-electron chi connectivity index (χ4n) is 1.56. The first-order valence-corrected chi connectivity index (χ1v) is 5.26. The van der Waals surface area contributed by atoms with Crippen molar-refractivity contribution in [1.29, 1.82) is 5.26 Å². The molecule has 0 saturated carbocycles. The van der Waals surface area contributed by atoms with E-state index in [9.17, 15) is 15.2 Å². The van der Waals surface area contributed by atoms with E-state index in [4.69, 9.17) is 10.00 Å². The summed E-state index contributed by atoms with van der Waals surface area (Å²) >= 11 is 0. The lowest BCUT2D eigenvalue weighted by molar-refractivity contribution is -0.385. The molecule has 0 amide bonds. The molecule has 0 spiro atoms. The van der Waals surface area contributed by atoms with Gasteiger partial charge in [0.2, 0.25) is 5.75 Å². The molecule has 19 heavy (non-hydrogen) atoms. The summed E-state index contributed by atoms with van der Waals surface area (Å²) in [4.78, 5) is 10.3. The molecular formula is C13H8N2O4. The second-order valence-corrected chi connectivity index (χ2v) is 3.62. The van der Waals surface area contributed by atoms with E-state index in [1.54, 1.807) is 18.2 Å². The van der Waals surface area contributed by atoms with E-state index in [-0.39, 0.29) is 22.8 Å². The van der Waals surface area contributed by atoms with Crippen molar-refractivity contribution in [3.05, 3.63) is 58.1 Å². The Morgan fingerprint density at radius 1 is 1.26 bits per heavy atom. The maximum atomic E-state index is 11.0. The largest absolute Gasteiger partial charge is 0.508 e. The van der Waals surface area contributed by atoms with Crippen molar-refractivity contribution in [1.82, 2.24) is 0 Å². The predicted molar refractivity (Wildman–Crippen MR) is 66.0 cm³/mol. The van der Waals surface area contributed by atoms with Crippen molar-refractivity contribution in [3.63, 3.8) is 0 Å². The Morgan fingerprint density at radius 2 is 2.00 bits per heavy atom. The number of nitro benzene ring substituents is 1. The maximum Gasteiger partial charge on any atom is 0.329 e. The quantitative estimate of drug-likeness (QED) is 0.672. The van der Waals surface area contributed by atoms with E-state index in [1.165, 1.54) is 30.3 Å². The van der Waals surface area contributed by atoms with Crippen LogP contribution >= 0.6 is 0 Å². The van der Waals surface area contributed by atoms with Gasteiger partial charge in [0.25, 0.3) is 0 Å². The van der Waals surface area contributed by atoms with Crippen LogP contribution < -0.4 is 4.74 Å². The summed E-state index contributed by atoms with van der Waals surface area (Å²) in [5.41, 5.74) is -0.476. The molecule has 6 nitrogen and oxygen atoms in total. The molecular weight excluding hydrogens is 248 g/mol. The number of nitriles is 1. The van der Waals surface area contributed by atoms with Gasteiger partial charge in [-0.25, -0.2) is 0 Å². The average molecular weight is 256 g/mol. The zero-order chi connectivity index (χ0) is 13.8. The van der Waals surface area contributed by atoms with E-state index in [1.807, 2.05) is 0 Å². The summed E-state index contributed by atoms with van der Waals surface area (Å²) in [6.07, 6.45) is 0. The Balaban J connectivity index is 2.46. The van der Waals surface area contributed by atoms with Gasteiger partial charge in [0.05, 0.1) is 4.92 Å². The summed E-state index contributed by atoms with van der Waals surface area (Å²) in [5.74, 6) is 0.185. The molecule has 0 atom stereocenters. The lowest BCUT2D eigenvalue weighted by Gasteiger charge is -2.07. The predicted octanol–water partition coefficient (Wildman–Crippen LogP) is 2.96. The molecule has 2 aromatic carbocycles. The van der Waals surface area contributed by atoms with Gasteiger partial charge in [-0.2, -0.15) is 5.26 Å². The van der Waals surface area contributed by atoms with Gasteiger partial charge in [-0.15, -0.1) is 0 Å². The van der Waals surface area contributed by atoms with Crippen LogP contribution in [0.3, 0.4) is 0 Å². The zero-order valence-corrected chi connectivity index (χ0v) is 9.61. The minimum Gasteiger partial charge on any atom is -0.508 e. The number of phenolic OH excluding ortho intramolecular Hbond substituents is 1. The summed E-state index contributed by atoms with van der Waals surface area (Å²) < 4.78 is 5.34. The van der Waals surface area contributed by atoms with Crippen LogP contribution in [0.1, 0.15) is 5.56 Å². The molecule has 2 aromatic rings. The van der Waals surface area contributed by atoms with Crippen molar-refractivity contribution >= 4 is 5.69 Å². The van der Waals surface area contributed by atoms with Gasteiger partial charge in [-0.1, -0.05) is 12.1 Å². The summed E-state index contributed by atoms with van der Waals surface area (Å²) in [5, 5.41) is 29.1. The fourth-order valence-corrected chi connectivity index (χ4v) is 1.56. The van der Waals surface area contributed by atoms with Gasteiger partial charge < -0.3 is 9.84 Å². The third-order valence-corrected chi connectivity index (χ3v) is 2.35. The van der Waals surface area contributed by atoms with Crippen LogP contribution in [0.2, 0.25) is 0 Å². The van der Waals surface area contributed by atoms with Crippen molar-refractivity contribution in [2.24, 2.45) is 0 Å².